The van der Waals surface area contributed by atoms with E-state index in [0.717, 1.165) is 5.56 Å². The van der Waals surface area contributed by atoms with Gasteiger partial charge < -0.3 is 15.0 Å². The molecule has 154 valence electrons. The van der Waals surface area contributed by atoms with Crippen LogP contribution in [0.4, 0.5) is 0 Å². The number of rotatable bonds is 7. The van der Waals surface area contributed by atoms with E-state index in [1.165, 1.54) is 5.56 Å². The number of amides is 2. The maximum atomic E-state index is 13.1. The Kier molecular flexibility index (Phi) is 7.04. The molecule has 0 spiro atoms. The Morgan fingerprint density at radius 3 is 2.21 bits per heavy atom. The van der Waals surface area contributed by atoms with Crippen LogP contribution in [-0.2, 0) is 19.7 Å². The summed E-state index contributed by atoms with van der Waals surface area (Å²) in [5, 5.41) is 2.98. The summed E-state index contributed by atoms with van der Waals surface area (Å²) < 4.78 is 5.35. The van der Waals surface area contributed by atoms with Gasteiger partial charge in [-0.1, -0.05) is 74.5 Å². The molecule has 0 aromatic heterocycles. The van der Waals surface area contributed by atoms with Crippen LogP contribution in [0.15, 0.2) is 60.7 Å². The number of ether oxygens (including phenoxy) is 1. The molecule has 1 atom stereocenters. The van der Waals surface area contributed by atoms with Crippen molar-refractivity contribution < 1.29 is 14.3 Å². The number of nitrogens with zero attached hydrogens (tertiary/aromatic N) is 1. The first-order chi connectivity index (χ1) is 14.0. The summed E-state index contributed by atoms with van der Waals surface area (Å²) in [5.41, 5.74) is 1.89. The van der Waals surface area contributed by atoms with Crippen molar-refractivity contribution in [2.24, 2.45) is 0 Å². The third-order valence-electron chi connectivity index (χ3n) is 5.54. The summed E-state index contributed by atoms with van der Waals surface area (Å²) in [6.07, 6.45) is 1.07. The summed E-state index contributed by atoms with van der Waals surface area (Å²) >= 11 is 0. The van der Waals surface area contributed by atoms with Crippen LogP contribution in [0.3, 0.4) is 0 Å². The number of morpholine rings is 1. The second kappa shape index (κ2) is 9.70. The van der Waals surface area contributed by atoms with E-state index in [4.69, 9.17) is 4.74 Å². The largest absolute Gasteiger partial charge is 0.378 e. The summed E-state index contributed by atoms with van der Waals surface area (Å²) in [6, 6.07) is 19.0. The van der Waals surface area contributed by atoms with Gasteiger partial charge in [-0.05, 0) is 23.0 Å². The minimum absolute atomic E-state index is 0.0739. The number of nitrogens with one attached hydrogen (secondary N) is 1. The van der Waals surface area contributed by atoms with Gasteiger partial charge in [0.2, 0.25) is 11.8 Å². The predicted molar refractivity (Wildman–Crippen MR) is 113 cm³/mol. The van der Waals surface area contributed by atoms with E-state index in [9.17, 15) is 9.59 Å². The normalized spacial score (nSPS) is 15.6. The molecule has 5 heteroatoms. The van der Waals surface area contributed by atoms with Gasteiger partial charge in [0.1, 0.15) is 6.04 Å². The second-order valence-electron chi connectivity index (χ2n) is 8.10. The topological polar surface area (TPSA) is 58.6 Å². The lowest BCUT2D eigenvalue weighted by atomic mass is 9.80. The average Bonchev–Trinajstić information content (AvgIpc) is 2.77. The van der Waals surface area contributed by atoms with Crippen molar-refractivity contribution in [3.8, 4) is 0 Å². The predicted octanol–water partition coefficient (Wildman–Crippen LogP) is 3.46. The molecule has 29 heavy (non-hydrogen) atoms. The first-order valence-corrected chi connectivity index (χ1v) is 10.2. The standard InChI is InChI=1S/C24H30N2O3/c1-24(2,20-11-7-4-8-12-20)14-13-21(27)25-22(19-9-5-3-6-10-19)23(28)26-15-17-29-18-16-26/h3-12,22H,13-18H2,1-2H3,(H,25,27)/t22-/m0/s1. The Morgan fingerprint density at radius 2 is 1.59 bits per heavy atom. The highest BCUT2D eigenvalue weighted by atomic mass is 16.5. The van der Waals surface area contributed by atoms with Gasteiger partial charge in [0.05, 0.1) is 13.2 Å². The van der Waals surface area contributed by atoms with E-state index >= 15 is 0 Å². The highest BCUT2D eigenvalue weighted by Gasteiger charge is 2.29. The number of hydrogen-bond donors (Lipinski definition) is 1. The van der Waals surface area contributed by atoms with Crippen molar-refractivity contribution in [3.63, 3.8) is 0 Å². The molecule has 3 rings (SSSR count). The van der Waals surface area contributed by atoms with E-state index in [2.05, 4.69) is 31.3 Å². The zero-order valence-corrected chi connectivity index (χ0v) is 17.3. The molecule has 2 aromatic carbocycles. The maximum absolute atomic E-state index is 13.1. The minimum atomic E-state index is -0.665. The van der Waals surface area contributed by atoms with E-state index in [1.807, 2.05) is 48.5 Å². The second-order valence-corrected chi connectivity index (χ2v) is 8.10. The van der Waals surface area contributed by atoms with Crippen molar-refractivity contribution >= 4 is 11.8 Å². The molecule has 1 fully saturated rings. The molecule has 0 unspecified atom stereocenters. The lowest BCUT2D eigenvalue weighted by molar-refractivity contribution is -0.140. The highest BCUT2D eigenvalue weighted by Crippen LogP contribution is 2.28. The quantitative estimate of drug-likeness (QED) is 0.782. The Hall–Kier alpha value is -2.66. The van der Waals surface area contributed by atoms with Gasteiger partial charge >= 0.3 is 0 Å². The van der Waals surface area contributed by atoms with E-state index in [0.29, 0.717) is 39.1 Å². The van der Waals surface area contributed by atoms with Crippen molar-refractivity contribution in [2.75, 3.05) is 26.3 Å². The van der Waals surface area contributed by atoms with Crippen LogP contribution in [0.1, 0.15) is 43.9 Å². The molecule has 0 saturated carbocycles. The molecule has 0 bridgehead atoms. The van der Waals surface area contributed by atoms with Crippen LogP contribution in [0.25, 0.3) is 0 Å². The monoisotopic (exact) mass is 394 g/mol. The number of carbonyl (C=O) groups is 2. The van der Waals surface area contributed by atoms with Gasteiger partial charge in [0.25, 0.3) is 0 Å². The van der Waals surface area contributed by atoms with Gasteiger partial charge in [-0.2, -0.15) is 0 Å². The molecule has 1 aliphatic heterocycles. The Labute approximate surface area is 173 Å². The first kappa shape index (κ1) is 21.1. The zero-order chi connectivity index (χ0) is 20.7. The fourth-order valence-electron chi connectivity index (χ4n) is 3.59. The van der Waals surface area contributed by atoms with Gasteiger partial charge in [0.15, 0.2) is 0 Å². The number of hydrogen-bond acceptors (Lipinski definition) is 3. The van der Waals surface area contributed by atoms with Crippen LogP contribution in [0, 0.1) is 0 Å². The van der Waals surface area contributed by atoms with Crippen LogP contribution in [0.5, 0.6) is 0 Å². The lowest BCUT2D eigenvalue weighted by Crippen LogP contribution is -2.47. The molecule has 1 saturated heterocycles. The van der Waals surface area contributed by atoms with Crippen molar-refractivity contribution in [3.05, 3.63) is 71.8 Å². The third-order valence-corrected chi connectivity index (χ3v) is 5.54. The number of benzene rings is 2. The minimum Gasteiger partial charge on any atom is -0.378 e. The van der Waals surface area contributed by atoms with E-state index in [1.54, 1.807) is 4.90 Å². The smallest absolute Gasteiger partial charge is 0.249 e. The molecule has 0 radical (unpaired) electrons. The Bertz CT molecular complexity index is 799. The molecular weight excluding hydrogens is 364 g/mol. The molecular formula is C24H30N2O3. The molecule has 5 nitrogen and oxygen atoms in total. The summed E-state index contributed by atoms with van der Waals surface area (Å²) in [4.78, 5) is 27.7. The van der Waals surface area contributed by atoms with Gasteiger partial charge in [-0.3, -0.25) is 9.59 Å². The van der Waals surface area contributed by atoms with Gasteiger partial charge in [-0.25, -0.2) is 0 Å². The Morgan fingerprint density at radius 1 is 1.00 bits per heavy atom. The van der Waals surface area contributed by atoms with E-state index in [-0.39, 0.29) is 17.2 Å². The summed E-state index contributed by atoms with van der Waals surface area (Å²) in [6.45, 7) is 6.46. The SMILES string of the molecule is CC(C)(CCC(=O)N[C@H](C(=O)N1CCOCC1)c1ccccc1)c1ccccc1. The van der Waals surface area contributed by atoms with E-state index < -0.39 is 6.04 Å². The molecule has 1 N–H and O–H groups in total. The molecule has 2 aromatic rings. The van der Waals surface area contributed by atoms with Crippen LogP contribution >= 0.6 is 0 Å². The van der Waals surface area contributed by atoms with Crippen LogP contribution in [-0.4, -0.2) is 43.0 Å². The van der Waals surface area contributed by atoms with Crippen LogP contribution < -0.4 is 5.32 Å². The number of carbonyl (C=O) groups excluding carboxylic acids is 2. The Balaban J connectivity index is 1.67. The van der Waals surface area contributed by atoms with Crippen molar-refractivity contribution in [1.82, 2.24) is 10.2 Å². The average molecular weight is 395 g/mol. The maximum Gasteiger partial charge on any atom is 0.249 e. The van der Waals surface area contributed by atoms with Crippen molar-refractivity contribution in [1.29, 1.82) is 0 Å². The highest BCUT2D eigenvalue weighted by molar-refractivity contribution is 5.88. The van der Waals surface area contributed by atoms with Crippen LogP contribution in [0.2, 0.25) is 0 Å². The molecule has 1 aliphatic rings. The third kappa shape index (κ3) is 5.67. The summed E-state index contributed by atoms with van der Waals surface area (Å²) in [5.74, 6) is -0.181. The summed E-state index contributed by atoms with van der Waals surface area (Å²) in [7, 11) is 0. The first-order valence-electron chi connectivity index (χ1n) is 10.2. The van der Waals surface area contributed by atoms with Gasteiger partial charge in [-0.15, -0.1) is 0 Å². The molecule has 0 aliphatic carbocycles. The molecule has 2 amide bonds. The molecule has 1 heterocycles. The lowest BCUT2D eigenvalue weighted by Gasteiger charge is -2.31. The van der Waals surface area contributed by atoms with Crippen molar-refractivity contribution in [2.45, 2.75) is 38.1 Å². The fourth-order valence-corrected chi connectivity index (χ4v) is 3.59. The fraction of sp³-hybridized carbons (Fsp3) is 0.417. The zero-order valence-electron chi connectivity index (χ0n) is 17.3. The van der Waals surface area contributed by atoms with Gasteiger partial charge in [0, 0.05) is 19.5 Å².